The van der Waals surface area contributed by atoms with E-state index in [0.717, 1.165) is 22.4 Å². The van der Waals surface area contributed by atoms with E-state index in [1.165, 1.54) is 19.3 Å². The zero-order chi connectivity index (χ0) is 9.97. The highest BCUT2D eigenvalue weighted by Gasteiger charge is 2.22. The second-order valence-electron chi connectivity index (χ2n) is 3.95. The van der Waals surface area contributed by atoms with Crippen LogP contribution in [-0.2, 0) is 0 Å². The molecule has 0 bridgehead atoms. The zero-order valence-electron chi connectivity index (χ0n) is 7.99. The first-order chi connectivity index (χ1) is 6.77. The van der Waals surface area contributed by atoms with Gasteiger partial charge in [-0.25, -0.2) is 0 Å². The Hall–Kier alpha value is -0.410. The van der Waals surface area contributed by atoms with Gasteiger partial charge in [-0.1, -0.05) is 19.3 Å². The van der Waals surface area contributed by atoms with Crippen molar-refractivity contribution in [2.24, 2.45) is 5.92 Å². The monoisotopic (exact) mass is 255 g/mol. The SMILES string of the molecule is OC(CC1CCC1)c1ccncc1Br. The van der Waals surface area contributed by atoms with Crippen LogP contribution in [0.25, 0.3) is 0 Å². The number of halogens is 1. The van der Waals surface area contributed by atoms with E-state index in [0.29, 0.717) is 0 Å². The quantitative estimate of drug-likeness (QED) is 0.901. The molecule has 2 nitrogen and oxygen atoms in total. The lowest BCUT2D eigenvalue weighted by Crippen LogP contribution is -2.15. The average Bonchev–Trinajstić information content (AvgIpc) is 2.12. The van der Waals surface area contributed by atoms with Crippen LogP contribution in [0.5, 0.6) is 0 Å². The minimum absolute atomic E-state index is 0.335. The summed E-state index contributed by atoms with van der Waals surface area (Å²) in [5, 5.41) is 9.98. The third kappa shape index (κ3) is 2.15. The molecule has 76 valence electrons. The van der Waals surface area contributed by atoms with Crippen LogP contribution in [0, 0.1) is 5.92 Å². The van der Waals surface area contributed by atoms with Crippen LogP contribution in [-0.4, -0.2) is 10.1 Å². The Morgan fingerprint density at radius 1 is 1.57 bits per heavy atom. The van der Waals surface area contributed by atoms with Crippen LogP contribution in [0.4, 0.5) is 0 Å². The van der Waals surface area contributed by atoms with E-state index in [4.69, 9.17) is 0 Å². The van der Waals surface area contributed by atoms with E-state index in [2.05, 4.69) is 20.9 Å². The Bertz CT molecular complexity index is 312. The van der Waals surface area contributed by atoms with Gasteiger partial charge in [0, 0.05) is 16.9 Å². The molecular formula is C11H14BrNO. The third-order valence-corrected chi connectivity index (χ3v) is 3.61. The summed E-state index contributed by atoms with van der Waals surface area (Å²) in [6, 6.07) is 1.88. The Labute approximate surface area is 92.5 Å². The molecule has 0 spiro atoms. The molecule has 1 aliphatic rings. The fourth-order valence-corrected chi connectivity index (χ4v) is 2.34. The maximum absolute atomic E-state index is 9.98. The molecule has 14 heavy (non-hydrogen) atoms. The predicted molar refractivity (Wildman–Crippen MR) is 58.9 cm³/mol. The molecule has 1 aliphatic carbocycles. The highest BCUT2D eigenvalue weighted by molar-refractivity contribution is 9.10. The highest BCUT2D eigenvalue weighted by Crippen LogP contribution is 2.36. The van der Waals surface area contributed by atoms with Gasteiger partial charge in [-0.3, -0.25) is 4.98 Å². The Morgan fingerprint density at radius 3 is 2.93 bits per heavy atom. The van der Waals surface area contributed by atoms with E-state index >= 15 is 0 Å². The zero-order valence-corrected chi connectivity index (χ0v) is 9.57. The molecule has 1 unspecified atom stereocenters. The molecule has 1 fully saturated rings. The van der Waals surface area contributed by atoms with Gasteiger partial charge in [-0.15, -0.1) is 0 Å². The first-order valence-electron chi connectivity index (χ1n) is 5.05. The maximum atomic E-state index is 9.98. The largest absolute Gasteiger partial charge is 0.388 e. The fraction of sp³-hybridized carbons (Fsp3) is 0.545. The van der Waals surface area contributed by atoms with Crippen molar-refractivity contribution in [3.8, 4) is 0 Å². The van der Waals surface area contributed by atoms with Gasteiger partial charge in [-0.05, 0) is 39.9 Å². The molecule has 0 saturated heterocycles. The molecule has 1 aromatic rings. The number of hydrogen-bond donors (Lipinski definition) is 1. The Balaban J connectivity index is 2.02. The van der Waals surface area contributed by atoms with Crippen molar-refractivity contribution in [2.45, 2.75) is 31.8 Å². The number of aliphatic hydroxyl groups excluding tert-OH is 1. The molecular weight excluding hydrogens is 242 g/mol. The molecule has 0 aromatic carbocycles. The first-order valence-corrected chi connectivity index (χ1v) is 5.84. The standard InChI is InChI=1S/C11H14BrNO/c12-10-7-13-5-4-9(10)11(14)6-8-2-1-3-8/h4-5,7-8,11,14H,1-3,6H2. The van der Waals surface area contributed by atoms with Gasteiger partial charge in [0.25, 0.3) is 0 Å². The van der Waals surface area contributed by atoms with Crippen molar-refractivity contribution < 1.29 is 5.11 Å². The lowest BCUT2D eigenvalue weighted by Gasteiger charge is -2.27. The van der Waals surface area contributed by atoms with E-state index in [1.54, 1.807) is 12.4 Å². The lowest BCUT2D eigenvalue weighted by atomic mass is 9.80. The number of nitrogens with zero attached hydrogens (tertiary/aromatic N) is 1. The normalized spacial score (nSPS) is 19.0. The first kappa shape index (κ1) is 10.1. The minimum Gasteiger partial charge on any atom is -0.388 e. The van der Waals surface area contributed by atoms with Crippen molar-refractivity contribution in [3.05, 3.63) is 28.5 Å². The van der Waals surface area contributed by atoms with Crippen LogP contribution in [0.15, 0.2) is 22.9 Å². The summed E-state index contributed by atoms with van der Waals surface area (Å²) in [4.78, 5) is 3.98. The van der Waals surface area contributed by atoms with Gasteiger partial charge in [0.1, 0.15) is 0 Å². The molecule has 1 heterocycles. The molecule has 1 N–H and O–H groups in total. The van der Waals surface area contributed by atoms with Crippen LogP contribution in [0.2, 0.25) is 0 Å². The summed E-state index contributed by atoms with van der Waals surface area (Å²) in [7, 11) is 0. The molecule has 3 heteroatoms. The van der Waals surface area contributed by atoms with Crippen molar-refractivity contribution in [3.63, 3.8) is 0 Å². The average molecular weight is 256 g/mol. The number of hydrogen-bond acceptors (Lipinski definition) is 2. The van der Waals surface area contributed by atoms with Crippen LogP contribution >= 0.6 is 15.9 Å². The number of aliphatic hydroxyl groups is 1. The van der Waals surface area contributed by atoms with Crippen LogP contribution in [0.3, 0.4) is 0 Å². The lowest BCUT2D eigenvalue weighted by molar-refractivity contribution is 0.118. The number of rotatable bonds is 3. The fourth-order valence-electron chi connectivity index (χ4n) is 1.83. The van der Waals surface area contributed by atoms with Crippen LogP contribution < -0.4 is 0 Å². The van der Waals surface area contributed by atoms with E-state index in [9.17, 15) is 5.11 Å². The summed E-state index contributed by atoms with van der Waals surface area (Å²) in [6.45, 7) is 0. The minimum atomic E-state index is -0.335. The van der Waals surface area contributed by atoms with E-state index in [1.807, 2.05) is 6.07 Å². The van der Waals surface area contributed by atoms with Crippen molar-refractivity contribution in [1.82, 2.24) is 4.98 Å². The van der Waals surface area contributed by atoms with Gasteiger partial charge in [-0.2, -0.15) is 0 Å². The van der Waals surface area contributed by atoms with Gasteiger partial charge < -0.3 is 5.11 Å². The van der Waals surface area contributed by atoms with Gasteiger partial charge in [0.15, 0.2) is 0 Å². The summed E-state index contributed by atoms with van der Waals surface area (Å²) >= 11 is 3.40. The third-order valence-electron chi connectivity index (χ3n) is 2.94. The molecule has 0 radical (unpaired) electrons. The van der Waals surface area contributed by atoms with Gasteiger partial charge in [0.05, 0.1) is 6.10 Å². The summed E-state index contributed by atoms with van der Waals surface area (Å²) in [5.74, 6) is 0.727. The summed E-state index contributed by atoms with van der Waals surface area (Å²) in [5.41, 5.74) is 0.965. The van der Waals surface area contributed by atoms with Crippen molar-refractivity contribution in [1.29, 1.82) is 0 Å². The smallest absolute Gasteiger partial charge is 0.0804 e. The highest BCUT2D eigenvalue weighted by atomic mass is 79.9. The van der Waals surface area contributed by atoms with Gasteiger partial charge in [0.2, 0.25) is 0 Å². The van der Waals surface area contributed by atoms with Gasteiger partial charge >= 0.3 is 0 Å². The molecule has 2 rings (SSSR count). The van der Waals surface area contributed by atoms with Crippen molar-refractivity contribution in [2.75, 3.05) is 0 Å². The number of aromatic nitrogens is 1. The van der Waals surface area contributed by atoms with E-state index < -0.39 is 0 Å². The second-order valence-corrected chi connectivity index (χ2v) is 4.80. The van der Waals surface area contributed by atoms with E-state index in [-0.39, 0.29) is 6.10 Å². The Kier molecular flexibility index (Phi) is 3.19. The Morgan fingerprint density at radius 2 is 2.36 bits per heavy atom. The summed E-state index contributed by atoms with van der Waals surface area (Å²) in [6.07, 6.45) is 7.90. The number of pyridine rings is 1. The molecule has 0 amide bonds. The predicted octanol–water partition coefficient (Wildman–Crippen LogP) is 3.07. The van der Waals surface area contributed by atoms with Crippen molar-refractivity contribution >= 4 is 15.9 Å². The molecule has 1 aromatic heterocycles. The molecule has 0 aliphatic heterocycles. The maximum Gasteiger partial charge on any atom is 0.0804 e. The molecule has 1 atom stereocenters. The molecule has 1 saturated carbocycles. The summed E-state index contributed by atoms with van der Waals surface area (Å²) < 4.78 is 0.909. The van der Waals surface area contributed by atoms with Crippen LogP contribution in [0.1, 0.15) is 37.4 Å². The second kappa shape index (κ2) is 4.41. The topological polar surface area (TPSA) is 33.1 Å².